The first-order valence-electron chi connectivity index (χ1n) is 8.06. The second-order valence-electron chi connectivity index (χ2n) is 5.76. The Balaban J connectivity index is 1.65. The van der Waals surface area contributed by atoms with Gasteiger partial charge in [0.25, 0.3) is 5.91 Å². The number of anilines is 2. The van der Waals surface area contributed by atoms with E-state index in [-0.39, 0.29) is 11.8 Å². The summed E-state index contributed by atoms with van der Waals surface area (Å²) >= 11 is 0. The van der Waals surface area contributed by atoms with Crippen LogP contribution in [0.4, 0.5) is 11.4 Å². The van der Waals surface area contributed by atoms with Gasteiger partial charge in [-0.1, -0.05) is 24.3 Å². The number of amides is 2. The molecule has 3 rings (SSSR count). The Labute approximate surface area is 141 Å². The molecule has 2 aromatic carbocycles. The van der Waals surface area contributed by atoms with Gasteiger partial charge >= 0.3 is 0 Å². The Morgan fingerprint density at radius 1 is 1.17 bits per heavy atom. The van der Waals surface area contributed by atoms with Crippen LogP contribution < -0.4 is 15.0 Å². The van der Waals surface area contributed by atoms with Gasteiger partial charge in [-0.2, -0.15) is 0 Å². The molecule has 124 valence electrons. The second-order valence-corrected chi connectivity index (χ2v) is 5.76. The fourth-order valence-electron chi connectivity index (χ4n) is 2.67. The quantitative estimate of drug-likeness (QED) is 0.918. The summed E-state index contributed by atoms with van der Waals surface area (Å²) in [5.41, 5.74) is 1.54. The molecule has 0 unspecified atom stereocenters. The Bertz CT molecular complexity index is 730. The minimum atomic E-state index is -0.644. The van der Waals surface area contributed by atoms with Gasteiger partial charge in [0.1, 0.15) is 5.75 Å². The van der Waals surface area contributed by atoms with Crippen molar-refractivity contribution in [1.29, 1.82) is 0 Å². The number of para-hydroxylation sites is 1. The molecule has 1 N–H and O–H groups in total. The van der Waals surface area contributed by atoms with Crippen molar-refractivity contribution in [2.75, 3.05) is 16.8 Å². The number of rotatable bonds is 5. The maximum atomic E-state index is 12.2. The number of nitrogens with zero attached hydrogens (tertiary/aromatic N) is 1. The standard InChI is InChI=1S/C19H20N2O3/c1-14(19(23)20-15-7-3-2-4-8-15)24-17-10-5-9-16(13-17)21-12-6-11-18(21)22/h2-5,7-10,13-14H,6,11-12H2,1H3,(H,20,23)/t14-/m1/s1. The van der Waals surface area contributed by atoms with Crippen molar-refractivity contribution < 1.29 is 14.3 Å². The van der Waals surface area contributed by atoms with E-state index >= 15 is 0 Å². The van der Waals surface area contributed by atoms with Crippen LogP contribution in [0, 0.1) is 0 Å². The average Bonchev–Trinajstić information content (AvgIpc) is 3.02. The van der Waals surface area contributed by atoms with Gasteiger partial charge in [-0.05, 0) is 37.6 Å². The molecule has 1 heterocycles. The Kier molecular flexibility index (Phi) is 4.79. The van der Waals surface area contributed by atoms with Crippen molar-refractivity contribution in [3.05, 3.63) is 54.6 Å². The molecular formula is C19H20N2O3. The maximum absolute atomic E-state index is 12.2. The van der Waals surface area contributed by atoms with E-state index in [0.29, 0.717) is 12.2 Å². The van der Waals surface area contributed by atoms with Crippen molar-refractivity contribution in [3.63, 3.8) is 0 Å². The van der Waals surface area contributed by atoms with Crippen molar-refractivity contribution in [2.45, 2.75) is 25.9 Å². The first-order valence-corrected chi connectivity index (χ1v) is 8.06. The lowest BCUT2D eigenvalue weighted by atomic mass is 10.2. The molecule has 24 heavy (non-hydrogen) atoms. The Morgan fingerprint density at radius 3 is 2.67 bits per heavy atom. The minimum absolute atomic E-state index is 0.127. The number of carbonyl (C=O) groups is 2. The highest BCUT2D eigenvalue weighted by Crippen LogP contribution is 2.26. The van der Waals surface area contributed by atoms with E-state index in [4.69, 9.17) is 4.74 Å². The minimum Gasteiger partial charge on any atom is -0.481 e. The average molecular weight is 324 g/mol. The first kappa shape index (κ1) is 16.1. The number of hydrogen-bond acceptors (Lipinski definition) is 3. The number of carbonyl (C=O) groups excluding carboxylic acids is 2. The highest BCUT2D eigenvalue weighted by molar-refractivity contribution is 5.95. The smallest absolute Gasteiger partial charge is 0.265 e. The molecule has 1 aliphatic rings. The van der Waals surface area contributed by atoms with Crippen molar-refractivity contribution >= 4 is 23.2 Å². The molecule has 1 fully saturated rings. The van der Waals surface area contributed by atoms with Crippen LogP contribution in [0.5, 0.6) is 5.75 Å². The highest BCUT2D eigenvalue weighted by Gasteiger charge is 2.22. The lowest BCUT2D eigenvalue weighted by Crippen LogP contribution is -2.30. The summed E-state index contributed by atoms with van der Waals surface area (Å²) in [5.74, 6) is 0.480. The molecule has 0 bridgehead atoms. The van der Waals surface area contributed by atoms with Gasteiger partial charge in [0.2, 0.25) is 5.91 Å². The van der Waals surface area contributed by atoms with Gasteiger partial charge in [-0.3, -0.25) is 9.59 Å². The zero-order valence-corrected chi connectivity index (χ0v) is 13.6. The maximum Gasteiger partial charge on any atom is 0.265 e. The molecule has 2 aromatic rings. The monoisotopic (exact) mass is 324 g/mol. The topological polar surface area (TPSA) is 58.6 Å². The summed E-state index contributed by atoms with van der Waals surface area (Å²) < 4.78 is 5.73. The van der Waals surface area contributed by atoms with Crippen LogP contribution in [0.15, 0.2) is 54.6 Å². The number of ether oxygens (including phenoxy) is 1. The highest BCUT2D eigenvalue weighted by atomic mass is 16.5. The summed E-state index contributed by atoms with van der Waals surface area (Å²) in [4.78, 5) is 25.8. The fourth-order valence-corrected chi connectivity index (χ4v) is 2.67. The molecule has 1 saturated heterocycles. The van der Waals surface area contributed by atoms with Crippen molar-refractivity contribution in [1.82, 2.24) is 0 Å². The van der Waals surface area contributed by atoms with Gasteiger partial charge < -0.3 is 15.0 Å². The predicted molar refractivity (Wildman–Crippen MR) is 93.2 cm³/mol. The van der Waals surface area contributed by atoms with E-state index in [0.717, 1.165) is 24.3 Å². The zero-order valence-electron chi connectivity index (χ0n) is 13.6. The van der Waals surface area contributed by atoms with Crippen LogP contribution in [-0.2, 0) is 9.59 Å². The molecule has 5 heteroatoms. The van der Waals surface area contributed by atoms with E-state index in [9.17, 15) is 9.59 Å². The van der Waals surface area contributed by atoms with Gasteiger partial charge in [-0.15, -0.1) is 0 Å². The molecule has 1 aliphatic heterocycles. The zero-order chi connectivity index (χ0) is 16.9. The normalized spacial score (nSPS) is 15.2. The largest absolute Gasteiger partial charge is 0.481 e. The van der Waals surface area contributed by atoms with Crippen LogP contribution in [0.1, 0.15) is 19.8 Å². The Hall–Kier alpha value is -2.82. The molecular weight excluding hydrogens is 304 g/mol. The third-order valence-corrected chi connectivity index (χ3v) is 3.93. The van der Waals surface area contributed by atoms with Crippen molar-refractivity contribution in [2.24, 2.45) is 0 Å². The van der Waals surface area contributed by atoms with Crippen LogP contribution in [0.2, 0.25) is 0 Å². The summed E-state index contributed by atoms with van der Waals surface area (Å²) in [6, 6.07) is 16.6. The van der Waals surface area contributed by atoms with Crippen LogP contribution in [-0.4, -0.2) is 24.5 Å². The van der Waals surface area contributed by atoms with Gasteiger partial charge in [0, 0.05) is 30.4 Å². The molecule has 0 saturated carbocycles. The van der Waals surface area contributed by atoms with Crippen molar-refractivity contribution in [3.8, 4) is 5.75 Å². The van der Waals surface area contributed by atoms with Crippen LogP contribution >= 0.6 is 0 Å². The molecule has 0 aliphatic carbocycles. The van der Waals surface area contributed by atoms with Gasteiger partial charge in [0.05, 0.1) is 0 Å². The number of hydrogen-bond donors (Lipinski definition) is 1. The number of nitrogens with one attached hydrogen (secondary N) is 1. The second kappa shape index (κ2) is 7.17. The first-order chi connectivity index (χ1) is 11.6. The Morgan fingerprint density at radius 2 is 1.96 bits per heavy atom. The lowest BCUT2D eigenvalue weighted by Gasteiger charge is -2.18. The van der Waals surface area contributed by atoms with E-state index in [1.54, 1.807) is 24.0 Å². The van der Waals surface area contributed by atoms with E-state index < -0.39 is 6.10 Å². The lowest BCUT2D eigenvalue weighted by molar-refractivity contribution is -0.122. The molecule has 0 aromatic heterocycles. The van der Waals surface area contributed by atoms with Crippen LogP contribution in [0.3, 0.4) is 0 Å². The predicted octanol–water partition coefficient (Wildman–Crippen LogP) is 3.22. The molecule has 0 spiro atoms. The third-order valence-electron chi connectivity index (χ3n) is 3.93. The fraction of sp³-hybridized carbons (Fsp3) is 0.263. The summed E-state index contributed by atoms with van der Waals surface area (Å²) in [6.45, 7) is 2.43. The van der Waals surface area contributed by atoms with Gasteiger partial charge in [-0.25, -0.2) is 0 Å². The SMILES string of the molecule is C[C@@H](Oc1cccc(N2CCCC2=O)c1)C(=O)Nc1ccccc1. The third kappa shape index (κ3) is 3.74. The van der Waals surface area contributed by atoms with E-state index in [1.165, 1.54) is 0 Å². The number of benzene rings is 2. The molecule has 0 radical (unpaired) electrons. The molecule has 5 nitrogen and oxygen atoms in total. The summed E-state index contributed by atoms with van der Waals surface area (Å²) in [7, 11) is 0. The van der Waals surface area contributed by atoms with E-state index in [2.05, 4.69) is 5.32 Å². The molecule has 1 atom stereocenters. The summed E-state index contributed by atoms with van der Waals surface area (Å²) in [5, 5.41) is 2.81. The van der Waals surface area contributed by atoms with Gasteiger partial charge in [0.15, 0.2) is 6.10 Å². The summed E-state index contributed by atoms with van der Waals surface area (Å²) in [6.07, 6.45) is 0.815. The van der Waals surface area contributed by atoms with E-state index in [1.807, 2.05) is 42.5 Å². The molecule has 2 amide bonds. The van der Waals surface area contributed by atoms with Crippen LogP contribution in [0.25, 0.3) is 0 Å².